The van der Waals surface area contributed by atoms with E-state index in [0.717, 1.165) is 29.2 Å². The van der Waals surface area contributed by atoms with E-state index in [9.17, 15) is 0 Å². The zero-order valence-electron chi connectivity index (χ0n) is 9.19. The van der Waals surface area contributed by atoms with Gasteiger partial charge in [-0.15, -0.1) is 0 Å². The highest BCUT2D eigenvalue weighted by molar-refractivity contribution is 5.78. The maximum Gasteiger partial charge on any atom is 0.0907 e. The van der Waals surface area contributed by atoms with Crippen LogP contribution in [0.4, 0.5) is 5.69 Å². The van der Waals surface area contributed by atoms with Crippen molar-refractivity contribution in [2.45, 2.75) is 19.3 Å². The van der Waals surface area contributed by atoms with Crippen molar-refractivity contribution in [1.29, 1.82) is 0 Å². The van der Waals surface area contributed by atoms with E-state index < -0.39 is 0 Å². The summed E-state index contributed by atoms with van der Waals surface area (Å²) >= 11 is 0. The number of aromatic nitrogens is 2. The Morgan fingerprint density at radius 1 is 1.12 bits per heavy atom. The highest BCUT2D eigenvalue weighted by Gasteiger charge is 2.16. The van der Waals surface area contributed by atoms with E-state index in [0.29, 0.717) is 0 Å². The number of hydrogen-bond acceptors (Lipinski definition) is 3. The van der Waals surface area contributed by atoms with Gasteiger partial charge in [-0.1, -0.05) is 6.42 Å². The second kappa shape index (κ2) is 4.08. The molecule has 1 saturated carbocycles. The van der Waals surface area contributed by atoms with Crippen LogP contribution in [-0.2, 0) is 0 Å². The zero-order chi connectivity index (χ0) is 10.8. The van der Waals surface area contributed by atoms with Gasteiger partial charge in [0.1, 0.15) is 0 Å². The molecule has 16 heavy (non-hydrogen) atoms. The molecule has 1 aliphatic carbocycles. The van der Waals surface area contributed by atoms with Gasteiger partial charge in [-0.3, -0.25) is 9.97 Å². The fourth-order valence-electron chi connectivity index (χ4n) is 2.03. The van der Waals surface area contributed by atoms with Crippen molar-refractivity contribution in [2.75, 3.05) is 11.9 Å². The molecule has 1 aliphatic rings. The molecule has 1 aromatic heterocycles. The third-order valence-electron chi connectivity index (χ3n) is 3.29. The number of benzene rings is 1. The van der Waals surface area contributed by atoms with Crippen molar-refractivity contribution in [1.82, 2.24) is 9.97 Å². The topological polar surface area (TPSA) is 37.8 Å². The maximum atomic E-state index is 4.30. The van der Waals surface area contributed by atoms with Gasteiger partial charge in [-0.2, -0.15) is 0 Å². The Kier molecular flexibility index (Phi) is 2.44. The second-order valence-electron chi connectivity index (χ2n) is 4.44. The Bertz CT molecular complexity index is 491. The van der Waals surface area contributed by atoms with Gasteiger partial charge in [-0.05, 0) is 37.0 Å². The van der Waals surface area contributed by atoms with Crippen LogP contribution in [0.1, 0.15) is 19.3 Å². The molecule has 2 aromatic rings. The lowest BCUT2D eigenvalue weighted by atomic mass is 9.85. The van der Waals surface area contributed by atoms with Crippen LogP contribution in [0.15, 0.2) is 30.6 Å². The first-order chi connectivity index (χ1) is 7.92. The predicted molar refractivity (Wildman–Crippen MR) is 65.4 cm³/mol. The SMILES string of the molecule is c1cnc2cc(NCC3CCC3)ccc2n1. The molecule has 0 saturated heterocycles. The number of nitrogens with one attached hydrogen (secondary N) is 1. The molecular formula is C13H15N3. The van der Waals surface area contributed by atoms with Crippen LogP contribution in [0, 0.1) is 5.92 Å². The summed E-state index contributed by atoms with van der Waals surface area (Å²) in [6, 6.07) is 6.17. The highest BCUT2D eigenvalue weighted by Crippen LogP contribution is 2.26. The van der Waals surface area contributed by atoms with E-state index >= 15 is 0 Å². The number of hydrogen-bond donors (Lipinski definition) is 1. The molecule has 3 rings (SSSR count). The van der Waals surface area contributed by atoms with Crippen molar-refractivity contribution < 1.29 is 0 Å². The molecular weight excluding hydrogens is 198 g/mol. The molecule has 3 nitrogen and oxygen atoms in total. The molecule has 1 N–H and O–H groups in total. The Balaban J connectivity index is 1.76. The molecule has 82 valence electrons. The summed E-state index contributed by atoms with van der Waals surface area (Å²) in [6.45, 7) is 1.09. The van der Waals surface area contributed by atoms with Crippen molar-refractivity contribution in [3.63, 3.8) is 0 Å². The molecule has 1 heterocycles. The normalized spacial score (nSPS) is 16.0. The molecule has 0 spiro atoms. The molecule has 0 bridgehead atoms. The Morgan fingerprint density at radius 2 is 1.94 bits per heavy atom. The molecule has 0 radical (unpaired) electrons. The van der Waals surface area contributed by atoms with Crippen molar-refractivity contribution in [3.8, 4) is 0 Å². The second-order valence-corrected chi connectivity index (χ2v) is 4.44. The molecule has 0 unspecified atom stereocenters. The van der Waals surface area contributed by atoms with Crippen LogP contribution >= 0.6 is 0 Å². The molecule has 1 aromatic carbocycles. The van der Waals surface area contributed by atoms with Gasteiger partial charge in [0, 0.05) is 24.6 Å². The smallest absolute Gasteiger partial charge is 0.0907 e. The highest BCUT2D eigenvalue weighted by atomic mass is 14.9. The molecule has 0 atom stereocenters. The lowest BCUT2D eigenvalue weighted by molar-refractivity contribution is 0.333. The standard InChI is InChI=1S/C13H15N3/c1-2-10(3-1)9-16-11-4-5-12-13(8-11)15-7-6-14-12/h4-8,10,16H,1-3,9H2. The average molecular weight is 213 g/mol. The molecule has 0 amide bonds. The summed E-state index contributed by atoms with van der Waals surface area (Å²) < 4.78 is 0. The average Bonchev–Trinajstić information content (AvgIpc) is 2.27. The van der Waals surface area contributed by atoms with Crippen molar-refractivity contribution in [3.05, 3.63) is 30.6 Å². The number of nitrogens with zero attached hydrogens (tertiary/aromatic N) is 2. The first kappa shape index (κ1) is 9.58. The van der Waals surface area contributed by atoms with Gasteiger partial charge < -0.3 is 5.32 Å². The van der Waals surface area contributed by atoms with E-state index in [1.54, 1.807) is 12.4 Å². The van der Waals surface area contributed by atoms with Gasteiger partial charge >= 0.3 is 0 Å². The predicted octanol–water partition coefficient (Wildman–Crippen LogP) is 2.84. The minimum Gasteiger partial charge on any atom is -0.385 e. The monoisotopic (exact) mass is 213 g/mol. The quantitative estimate of drug-likeness (QED) is 0.852. The summed E-state index contributed by atoms with van der Waals surface area (Å²) in [5.74, 6) is 0.873. The Labute approximate surface area is 94.9 Å². The summed E-state index contributed by atoms with van der Waals surface area (Å²) in [7, 11) is 0. The van der Waals surface area contributed by atoms with Crippen molar-refractivity contribution >= 4 is 16.7 Å². The van der Waals surface area contributed by atoms with Crippen LogP contribution in [0.5, 0.6) is 0 Å². The van der Waals surface area contributed by atoms with Gasteiger partial charge in [-0.25, -0.2) is 0 Å². The first-order valence-electron chi connectivity index (χ1n) is 5.86. The van der Waals surface area contributed by atoms with Gasteiger partial charge in [0.25, 0.3) is 0 Å². The largest absolute Gasteiger partial charge is 0.385 e. The Morgan fingerprint density at radius 3 is 2.69 bits per heavy atom. The van der Waals surface area contributed by atoms with Crippen LogP contribution in [0.2, 0.25) is 0 Å². The van der Waals surface area contributed by atoms with Crippen LogP contribution < -0.4 is 5.32 Å². The summed E-state index contributed by atoms with van der Waals surface area (Å²) in [5.41, 5.74) is 3.07. The third-order valence-corrected chi connectivity index (χ3v) is 3.29. The van der Waals surface area contributed by atoms with E-state index in [-0.39, 0.29) is 0 Å². The fraction of sp³-hybridized carbons (Fsp3) is 0.385. The van der Waals surface area contributed by atoms with E-state index in [1.165, 1.54) is 19.3 Å². The molecule has 3 heteroatoms. The van der Waals surface area contributed by atoms with Crippen molar-refractivity contribution in [2.24, 2.45) is 5.92 Å². The molecule has 1 fully saturated rings. The van der Waals surface area contributed by atoms with Gasteiger partial charge in [0.05, 0.1) is 11.0 Å². The van der Waals surface area contributed by atoms with Crippen LogP contribution in [0.25, 0.3) is 11.0 Å². The minimum absolute atomic E-state index is 0.873. The Hall–Kier alpha value is -1.64. The maximum absolute atomic E-state index is 4.30. The van der Waals surface area contributed by atoms with Gasteiger partial charge in [0.15, 0.2) is 0 Å². The van der Waals surface area contributed by atoms with Gasteiger partial charge in [0.2, 0.25) is 0 Å². The third kappa shape index (κ3) is 1.85. The fourth-order valence-corrected chi connectivity index (χ4v) is 2.03. The van der Waals surface area contributed by atoms with E-state index in [1.807, 2.05) is 6.07 Å². The first-order valence-corrected chi connectivity index (χ1v) is 5.86. The van der Waals surface area contributed by atoms with E-state index in [2.05, 4.69) is 27.4 Å². The summed E-state index contributed by atoms with van der Waals surface area (Å²) in [6.07, 6.45) is 7.61. The number of fused-ring (bicyclic) bond motifs is 1. The lowest BCUT2D eigenvalue weighted by Crippen LogP contribution is -2.20. The van der Waals surface area contributed by atoms with E-state index in [4.69, 9.17) is 0 Å². The minimum atomic E-state index is 0.873. The number of rotatable bonds is 3. The van der Waals surface area contributed by atoms with Crippen LogP contribution in [0.3, 0.4) is 0 Å². The van der Waals surface area contributed by atoms with Crippen LogP contribution in [-0.4, -0.2) is 16.5 Å². The zero-order valence-corrected chi connectivity index (χ0v) is 9.19. The number of anilines is 1. The summed E-state index contributed by atoms with van der Waals surface area (Å²) in [4.78, 5) is 8.56. The lowest BCUT2D eigenvalue weighted by Gasteiger charge is -2.25. The summed E-state index contributed by atoms with van der Waals surface area (Å²) in [5, 5.41) is 3.47. The molecule has 0 aliphatic heterocycles.